The highest BCUT2D eigenvalue weighted by Crippen LogP contribution is 2.21. The van der Waals surface area contributed by atoms with Crippen LogP contribution in [-0.2, 0) is 11.2 Å². The fourth-order valence-corrected chi connectivity index (χ4v) is 4.18. The van der Waals surface area contributed by atoms with Crippen molar-refractivity contribution in [1.29, 1.82) is 0 Å². The van der Waals surface area contributed by atoms with Crippen LogP contribution in [0.3, 0.4) is 0 Å². The van der Waals surface area contributed by atoms with Gasteiger partial charge < -0.3 is 9.64 Å². The van der Waals surface area contributed by atoms with Crippen LogP contribution in [0.15, 0.2) is 29.6 Å². The van der Waals surface area contributed by atoms with Gasteiger partial charge in [0.05, 0.1) is 6.61 Å². The molecule has 4 nitrogen and oxygen atoms in total. The highest BCUT2D eigenvalue weighted by Gasteiger charge is 2.24. The Kier molecular flexibility index (Phi) is 6.08. The SMILES string of the molecule is Cc1cccc(OCC2CCCN(C(=O)CCc3sccc3C)C2)n1. The number of rotatable bonds is 6. The maximum atomic E-state index is 12.5. The molecule has 25 heavy (non-hydrogen) atoms. The number of aryl methyl sites for hydroxylation is 3. The van der Waals surface area contributed by atoms with Crippen LogP contribution >= 0.6 is 11.3 Å². The standard InChI is InChI=1S/C20H26N2O2S/c1-15-10-12-25-18(15)8-9-20(23)22-11-4-6-17(13-22)14-24-19-7-3-5-16(2)21-19/h3,5,7,10,12,17H,4,6,8-9,11,13-14H2,1-2H3. The molecule has 1 saturated heterocycles. The second kappa shape index (κ2) is 8.48. The first kappa shape index (κ1) is 17.9. The minimum atomic E-state index is 0.270. The number of pyridine rings is 1. The minimum absolute atomic E-state index is 0.270. The number of likely N-dealkylation sites (tertiary alicyclic amines) is 1. The van der Waals surface area contributed by atoms with Crippen molar-refractivity contribution in [1.82, 2.24) is 9.88 Å². The van der Waals surface area contributed by atoms with E-state index in [0.29, 0.717) is 24.8 Å². The molecule has 0 radical (unpaired) electrons. The van der Waals surface area contributed by atoms with Gasteiger partial charge in [0.1, 0.15) is 0 Å². The molecular formula is C20H26N2O2S. The number of thiophene rings is 1. The summed E-state index contributed by atoms with van der Waals surface area (Å²) < 4.78 is 5.84. The predicted molar refractivity (Wildman–Crippen MR) is 101 cm³/mol. The zero-order chi connectivity index (χ0) is 17.6. The van der Waals surface area contributed by atoms with Gasteiger partial charge in [-0.3, -0.25) is 4.79 Å². The average molecular weight is 359 g/mol. The molecule has 2 aromatic heterocycles. The summed E-state index contributed by atoms with van der Waals surface area (Å²) >= 11 is 1.75. The normalized spacial score (nSPS) is 17.5. The fourth-order valence-electron chi connectivity index (χ4n) is 3.27. The number of piperidine rings is 1. The number of aromatic nitrogens is 1. The first-order chi connectivity index (χ1) is 12.1. The first-order valence-corrected chi connectivity index (χ1v) is 9.87. The van der Waals surface area contributed by atoms with Crippen LogP contribution in [0, 0.1) is 19.8 Å². The summed E-state index contributed by atoms with van der Waals surface area (Å²) in [6.45, 7) is 6.38. The highest BCUT2D eigenvalue weighted by molar-refractivity contribution is 7.10. The Hall–Kier alpha value is -1.88. The molecule has 0 N–H and O–H groups in total. The van der Waals surface area contributed by atoms with E-state index in [9.17, 15) is 4.79 Å². The molecular weight excluding hydrogens is 332 g/mol. The second-order valence-electron chi connectivity index (χ2n) is 6.80. The molecule has 5 heteroatoms. The molecule has 0 bridgehead atoms. The van der Waals surface area contributed by atoms with Crippen molar-refractivity contribution in [2.45, 2.75) is 39.5 Å². The third-order valence-corrected chi connectivity index (χ3v) is 5.82. The van der Waals surface area contributed by atoms with Gasteiger partial charge in [-0.15, -0.1) is 11.3 Å². The summed E-state index contributed by atoms with van der Waals surface area (Å²) in [4.78, 5) is 20.3. The smallest absolute Gasteiger partial charge is 0.222 e. The lowest BCUT2D eigenvalue weighted by Crippen LogP contribution is -2.41. The third kappa shape index (κ3) is 5.05. The molecule has 3 rings (SSSR count). The van der Waals surface area contributed by atoms with Crippen molar-refractivity contribution in [3.05, 3.63) is 45.8 Å². The van der Waals surface area contributed by atoms with Crippen molar-refractivity contribution in [2.75, 3.05) is 19.7 Å². The monoisotopic (exact) mass is 358 g/mol. The summed E-state index contributed by atoms with van der Waals surface area (Å²) in [6.07, 6.45) is 3.63. The van der Waals surface area contributed by atoms with E-state index in [4.69, 9.17) is 4.74 Å². The number of hydrogen-bond acceptors (Lipinski definition) is 4. The van der Waals surface area contributed by atoms with Crippen LogP contribution in [0.2, 0.25) is 0 Å². The van der Waals surface area contributed by atoms with Gasteiger partial charge in [0.2, 0.25) is 11.8 Å². The number of nitrogens with zero attached hydrogens (tertiary/aromatic N) is 2. The van der Waals surface area contributed by atoms with Crippen LogP contribution in [0.1, 0.15) is 35.4 Å². The van der Waals surface area contributed by atoms with Crippen molar-refractivity contribution >= 4 is 17.2 Å². The summed E-state index contributed by atoms with van der Waals surface area (Å²) in [5.41, 5.74) is 2.26. The number of ether oxygens (including phenoxy) is 1. The molecule has 3 heterocycles. The van der Waals surface area contributed by atoms with Crippen LogP contribution in [-0.4, -0.2) is 35.5 Å². The van der Waals surface area contributed by atoms with E-state index in [1.54, 1.807) is 11.3 Å². The third-order valence-electron chi connectivity index (χ3n) is 4.74. The lowest BCUT2D eigenvalue weighted by molar-refractivity contribution is -0.133. The Bertz CT molecular complexity index is 713. The Balaban J connectivity index is 1.47. The molecule has 1 amide bonds. The summed E-state index contributed by atoms with van der Waals surface area (Å²) in [6, 6.07) is 7.93. The van der Waals surface area contributed by atoms with Crippen LogP contribution in [0.4, 0.5) is 0 Å². The van der Waals surface area contributed by atoms with Gasteiger partial charge in [0.15, 0.2) is 0 Å². The number of hydrogen-bond donors (Lipinski definition) is 0. The van der Waals surface area contributed by atoms with E-state index >= 15 is 0 Å². The van der Waals surface area contributed by atoms with Gasteiger partial charge in [0.25, 0.3) is 0 Å². The minimum Gasteiger partial charge on any atom is -0.477 e. The van der Waals surface area contributed by atoms with Crippen LogP contribution in [0.25, 0.3) is 0 Å². The summed E-state index contributed by atoms with van der Waals surface area (Å²) in [5.74, 6) is 1.34. The molecule has 1 aliphatic heterocycles. The van der Waals surface area contributed by atoms with Crippen LogP contribution in [0.5, 0.6) is 5.88 Å². The van der Waals surface area contributed by atoms with Gasteiger partial charge in [-0.05, 0) is 56.2 Å². The highest BCUT2D eigenvalue weighted by atomic mass is 32.1. The maximum Gasteiger partial charge on any atom is 0.222 e. The number of amides is 1. The van der Waals surface area contributed by atoms with Gasteiger partial charge >= 0.3 is 0 Å². The molecule has 0 aliphatic carbocycles. The van der Waals surface area contributed by atoms with Crippen LogP contribution < -0.4 is 4.74 Å². The second-order valence-corrected chi connectivity index (χ2v) is 7.80. The quantitative estimate of drug-likeness (QED) is 0.783. The van der Waals surface area contributed by atoms with Crippen molar-refractivity contribution in [3.63, 3.8) is 0 Å². The zero-order valence-corrected chi connectivity index (χ0v) is 15.8. The largest absolute Gasteiger partial charge is 0.477 e. The Morgan fingerprint density at radius 1 is 1.36 bits per heavy atom. The Morgan fingerprint density at radius 3 is 3.00 bits per heavy atom. The van der Waals surface area contributed by atoms with Crippen molar-refractivity contribution in [3.8, 4) is 5.88 Å². The van der Waals surface area contributed by atoms with E-state index < -0.39 is 0 Å². The molecule has 1 aliphatic rings. The van der Waals surface area contributed by atoms with Gasteiger partial charge in [0, 0.05) is 42.1 Å². The lowest BCUT2D eigenvalue weighted by atomic mass is 9.98. The van der Waals surface area contributed by atoms with E-state index in [1.807, 2.05) is 30.0 Å². The first-order valence-electron chi connectivity index (χ1n) is 8.99. The molecule has 0 spiro atoms. The van der Waals surface area contributed by atoms with E-state index in [1.165, 1.54) is 10.4 Å². The van der Waals surface area contributed by atoms with Gasteiger partial charge in [-0.25, -0.2) is 4.98 Å². The molecule has 1 fully saturated rings. The summed E-state index contributed by atoms with van der Waals surface area (Å²) in [5, 5.41) is 2.10. The molecule has 134 valence electrons. The average Bonchev–Trinajstić information content (AvgIpc) is 3.03. The van der Waals surface area contributed by atoms with Crippen molar-refractivity contribution in [2.24, 2.45) is 5.92 Å². The van der Waals surface area contributed by atoms with Gasteiger partial charge in [-0.1, -0.05) is 6.07 Å². The fraction of sp³-hybridized carbons (Fsp3) is 0.500. The number of carbonyl (C=O) groups is 1. The Morgan fingerprint density at radius 2 is 2.24 bits per heavy atom. The Labute approximate surface area is 153 Å². The van der Waals surface area contributed by atoms with E-state index in [-0.39, 0.29) is 5.91 Å². The topological polar surface area (TPSA) is 42.4 Å². The predicted octanol–water partition coefficient (Wildman–Crippen LogP) is 4.01. The van der Waals surface area contributed by atoms with Crippen molar-refractivity contribution < 1.29 is 9.53 Å². The molecule has 2 aromatic rings. The number of carbonyl (C=O) groups excluding carboxylic acids is 1. The lowest BCUT2D eigenvalue weighted by Gasteiger charge is -2.32. The van der Waals surface area contributed by atoms with E-state index in [2.05, 4.69) is 23.4 Å². The molecule has 0 aromatic carbocycles. The molecule has 1 atom stereocenters. The summed E-state index contributed by atoms with van der Waals surface area (Å²) in [7, 11) is 0. The van der Waals surface area contributed by atoms with Gasteiger partial charge in [-0.2, -0.15) is 0 Å². The van der Waals surface area contributed by atoms with E-state index in [0.717, 1.165) is 38.0 Å². The zero-order valence-electron chi connectivity index (χ0n) is 15.0. The molecule has 0 saturated carbocycles. The molecule has 1 unspecified atom stereocenters. The maximum absolute atomic E-state index is 12.5.